The quantitative estimate of drug-likeness (QED) is 0.819. The molecule has 0 spiro atoms. The lowest BCUT2D eigenvalue weighted by Crippen LogP contribution is -2.45. The van der Waals surface area contributed by atoms with Crippen LogP contribution in [-0.4, -0.2) is 25.0 Å². The van der Waals surface area contributed by atoms with Crippen molar-refractivity contribution in [2.24, 2.45) is 11.8 Å². The van der Waals surface area contributed by atoms with Gasteiger partial charge < -0.3 is 4.74 Å². The first-order valence-electron chi connectivity index (χ1n) is 7.93. The van der Waals surface area contributed by atoms with Crippen molar-refractivity contribution in [1.82, 2.24) is 10.9 Å². The molecule has 1 aliphatic heterocycles. The molecule has 1 fully saturated rings. The second kappa shape index (κ2) is 6.79. The molecule has 1 saturated heterocycles. The van der Waals surface area contributed by atoms with Crippen molar-refractivity contribution in [1.29, 1.82) is 0 Å². The van der Waals surface area contributed by atoms with Crippen LogP contribution in [0.15, 0.2) is 6.07 Å². The molecule has 1 unspecified atom stereocenters. The number of thiophene rings is 1. The highest BCUT2D eigenvalue weighted by atomic mass is 32.1. The zero-order chi connectivity index (χ0) is 15.5. The van der Waals surface area contributed by atoms with Gasteiger partial charge in [-0.3, -0.25) is 20.4 Å². The van der Waals surface area contributed by atoms with E-state index in [0.717, 1.165) is 12.8 Å². The number of hydrogen-bond acceptors (Lipinski definition) is 4. The average molecular weight is 322 g/mol. The molecule has 0 aromatic carbocycles. The summed E-state index contributed by atoms with van der Waals surface area (Å²) in [5.74, 6) is 0.289. The van der Waals surface area contributed by atoms with Crippen molar-refractivity contribution in [3.8, 4) is 0 Å². The highest BCUT2D eigenvalue weighted by molar-refractivity contribution is 7.14. The van der Waals surface area contributed by atoms with Crippen molar-refractivity contribution in [2.45, 2.75) is 39.0 Å². The van der Waals surface area contributed by atoms with Crippen LogP contribution in [0.2, 0.25) is 0 Å². The topological polar surface area (TPSA) is 67.4 Å². The van der Waals surface area contributed by atoms with Gasteiger partial charge in [0.05, 0.1) is 4.88 Å². The Morgan fingerprint density at radius 1 is 1.23 bits per heavy atom. The van der Waals surface area contributed by atoms with Gasteiger partial charge in [-0.15, -0.1) is 11.3 Å². The van der Waals surface area contributed by atoms with E-state index in [-0.39, 0.29) is 17.7 Å². The summed E-state index contributed by atoms with van der Waals surface area (Å²) in [6, 6.07) is 1.98. The zero-order valence-corrected chi connectivity index (χ0v) is 13.6. The minimum absolute atomic E-state index is 0.0635. The fourth-order valence-electron chi connectivity index (χ4n) is 3.06. The Bertz CT molecular complexity index is 564. The predicted octanol–water partition coefficient (Wildman–Crippen LogP) is 2.06. The summed E-state index contributed by atoms with van der Waals surface area (Å²) in [7, 11) is 0. The molecular weight excluding hydrogens is 300 g/mol. The molecule has 2 heterocycles. The smallest absolute Gasteiger partial charge is 0.279 e. The Hall–Kier alpha value is -1.40. The monoisotopic (exact) mass is 322 g/mol. The minimum Gasteiger partial charge on any atom is -0.381 e. The van der Waals surface area contributed by atoms with E-state index in [0.29, 0.717) is 36.9 Å². The molecule has 1 atom stereocenters. The molecule has 2 amide bonds. The molecule has 5 nitrogen and oxygen atoms in total. The van der Waals surface area contributed by atoms with Gasteiger partial charge in [-0.25, -0.2) is 0 Å². The van der Waals surface area contributed by atoms with Crippen molar-refractivity contribution >= 4 is 23.2 Å². The molecule has 3 rings (SSSR count). The van der Waals surface area contributed by atoms with E-state index in [1.165, 1.54) is 16.9 Å². The summed E-state index contributed by atoms with van der Waals surface area (Å²) in [5.41, 5.74) is 6.40. The van der Waals surface area contributed by atoms with E-state index in [1.54, 1.807) is 11.3 Å². The zero-order valence-electron chi connectivity index (χ0n) is 12.8. The van der Waals surface area contributed by atoms with Gasteiger partial charge in [0.1, 0.15) is 0 Å². The van der Waals surface area contributed by atoms with Crippen LogP contribution in [0.5, 0.6) is 0 Å². The largest absolute Gasteiger partial charge is 0.381 e. The van der Waals surface area contributed by atoms with E-state index in [9.17, 15) is 9.59 Å². The van der Waals surface area contributed by atoms with Gasteiger partial charge in [0, 0.05) is 24.0 Å². The standard InChI is InChI=1S/C16H22N2O3S/c1-10-2-3-13-12(8-10)9-14(22-13)16(20)18-17-15(19)11-4-6-21-7-5-11/h9-11H,2-8H2,1H3,(H,17,19)(H,18,20). The highest BCUT2D eigenvalue weighted by Crippen LogP contribution is 2.32. The third kappa shape index (κ3) is 3.50. The van der Waals surface area contributed by atoms with Crippen LogP contribution in [0, 0.1) is 11.8 Å². The Morgan fingerprint density at radius 2 is 2.00 bits per heavy atom. The molecule has 1 aromatic rings. The third-order valence-electron chi connectivity index (χ3n) is 4.44. The maximum atomic E-state index is 12.2. The fraction of sp³-hybridized carbons (Fsp3) is 0.625. The van der Waals surface area contributed by atoms with Gasteiger partial charge in [-0.05, 0) is 49.7 Å². The number of hydrazine groups is 1. The van der Waals surface area contributed by atoms with E-state index < -0.39 is 0 Å². The van der Waals surface area contributed by atoms with E-state index >= 15 is 0 Å². The number of ether oxygens (including phenoxy) is 1. The maximum absolute atomic E-state index is 12.2. The number of fused-ring (bicyclic) bond motifs is 1. The molecule has 1 aromatic heterocycles. The first-order chi connectivity index (χ1) is 10.6. The third-order valence-corrected chi connectivity index (χ3v) is 5.68. The summed E-state index contributed by atoms with van der Waals surface area (Å²) in [6.07, 6.45) is 4.73. The van der Waals surface area contributed by atoms with Crippen LogP contribution in [0.4, 0.5) is 0 Å². The van der Waals surface area contributed by atoms with Crippen LogP contribution in [0.25, 0.3) is 0 Å². The number of amides is 2. The second-order valence-electron chi connectivity index (χ2n) is 6.24. The lowest BCUT2D eigenvalue weighted by atomic mass is 9.90. The van der Waals surface area contributed by atoms with Crippen molar-refractivity contribution < 1.29 is 14.3 Å². The SMILES string of the molecule is CC1CCc2sc(C(=O)NNC(=O)C3CCOCC3)cc2C1. The van der Waals surface area contributed by atoms with Crippen molar-refractivity contribution in [3.05, 3.63) is 21.4 Å². The van der Waals surface area contributed by atoms with Crippen LogP contribution in [-0.2, 0) is 22.4 Å². The Balaban J connectivity index is 1.54. The molecule has 0 saturated carbocycles. The average Bonchev–Trinajstić information content (AvgIpc) is 2.96. The predicted molar refractivity (Wildman–Crippen MR) is 84.7 cm³/mol. The molecule has 2 N–H and O–H groups in total. The van der Waals surface area contributed by atoms with Crippen LogP contribution >= 0.6 is 11.3 Å². The number of aryl methyl sites for hydroxylation is 1. The fourth-order valence-corrected chi connectivity index (χ4v) is 4.16. The second-order valence-corrected chi connectivity index (χ2v) is 7.37. The van der Waals surface area contributed by atoms with Gasteiger partial charge >= 0.3 is 0 Å². The molecule has 1 aliphatic carbocycles. The normalized spacial score (nSPS) is 22.0. The summed E-state index contributed by atoms with van der Waals surface area (Å²) >= 11 is 1.55. The highest BCUT2D eigenvalue weighted by Gasteiger charge is 2.23. The lowest BCUT2D eigenvalue weighted by molar-refractivity contribution is -0.128. The van der Waals surface area contributed by atoms with Gasteiger partial charge in [-0.1, -0.05) is 6.92 Å². The maximum Gasteiger partial charge on any atom is 0.279 e. The van der Waals surface area contributed by atoms with Gasteiger partial charge in [0.2, 0.25) is 5.91 Å². The van der Waals surface area contributed by atoms with Gasteiger partial charge in [0.15, 0.2) is 0 Å². The first-order valence-corrected chi connectivity index (χ1v) is 8.74. The minimum atomic E-state index is -0.215. The Kier molecular flexibility index (Phi) is 4.78. The number of nitrogens with one attached hydrogen (secondary N) is 2. The van der Waals surface area contributed by atoms with Crippen LogP contribution in [0.3, 0.4) is 0 Å². The summed E-state index contributed by atoms with van der Waals surface area (Å²) < 4.78 is 5.23. The summed E-state index contributed by atoms with van der Waals surface area (Å²) in [4.78, 5) is 26.2. The molecule has 2 aliphatic rings. The van der Waals surface area contributed by atoms with Gasteiger partial charge in [0.25, 0.3) is 5.91 Å². The Labute approximate surface area is 134 Å². The van der Waals surface area contributed by atoms with Gasteiger partial charge in [-0.2, -0.15) is 0 Å². The lowest BCUT2D eigenvalue weighted by Gasteiger charge is -2.21. The summed E-state index contributed by atoms with van der Waals surface area (Å²) in [5, 5.41) is 0. The number of carbonyl (C=O) groups is 2. The van der Waals surface area contributed by atoms with Crippen molar-refractivity contribution in [3.63, 3.8) is 0 Å². The molecule has 120 valence electrons. The number of carbonyl (C=O) groups excluding carboxylic acids is 2. The van der Waals surface area contributed by atoms with E-state index in [1.807, 2.05) is 6.07 Å². The number of hydrogen-bond donors (Lipinski definition) is 2. The Morgan fingerprint density at radius 3 is 2.77 bits per heavy atom. The molecule has 0 radical (unpaired) electrons. The molecule has 6 heteroatoms. The van der Waals surface area contributed by atoms with E-state index in [2.05, 4.69) is 17.8 Å². The first kappa shape index (κ1) is 15.5. The molecule has 22 heavy (non-hydrogen) atoms. The summed E-state index contributed by atoms with van der Waals surface area (Å²) in [6.45, 7) is 3.47. The number of rotatable bonds is 2. The molecular formula is C16H22N2O3S. The van der Waals surface area contributed by atoms with E-state index in [4.69, 9.17) is 4.74 Å². The van der Waals surface area contributed by atoms with Crippen LogP contribution < -0.4 is 10.9 Å². The van der Waals surface area contributed by atoms with Crippen LogP contribution in [0.1, 0.15) is 46.3 Å². The van der Waals surface area contributed by atoms with Crippen molar-refractivity contribution in [2.75, 3.05) is 13.2 Å². The molecule has 0 bridgehead atoms.